The second-order valence-corrected chi connectivity index (χ2v) is 5.10. The lowest BCUT2D eigenvalue weighted by molar-refractivity contribution is 0.0746. The summed E-state index contributed by atoms with van der Waals surface area (Å²) >= 11 is 1.60. The molecule has 0 saturated heterocycles. The van der Waals surface area contributed by atoms with E-state index >= 15 is 0 Å². The fourth-order valence-electron chi connectivity index (χ4n) is 1.72. The van der Waals surface area contributed by atoms with Gasteiger partial charge in [-0.05, 0) is 32.2 Å². The van der Waals surface area contributed by atoms with Gasteiger partial charge in [-0.1, -0.05) is 0 Å². The van der Waals surface area contributed by atoms with Gasteiger partial charge in [0.2, 0.25) is 0 Å². The molecule has 16 heavy (non-hydrogen) atoms. The van der Waals surface area contributed by atoms with Gasteiger partial charge in [-0.2, -0.15) is 0 Å². The van der Waals surface area contributed by atoms with Gasteiger partial charge in [0, 0.05) is 10.5 Å². The molecule has 1 aromatic carbocycles. The molecule has 1 heterocycles. The summed E-state index contributed by atoms with van der Waals surface area (Å²) in [5.74, 6) is 1.49. The maximum atomic E-state index is 10.1. The highest BCUT2D eigenvalue weighted by Crippen LogP contribution is 2.40. The van der Waals surface area contributed by atoms with Crippen molar-refractivity contribution in [3.05, 3.63) is 17.7 Å². The molecular formula is C12H16O3S. The second kappa shape index (κ2) is 4.18. The molecule has 1 N–H and O–H groups in total. The molecule has 1 aliphatic rings. The van der Waals surface area contributed by atoms with E-state index in [4.69, 9.17) is 9.47 Å². The van der Waals surface area contributed by atoms with Gasteiger partial charge in [-0.3, -0.25) is 0 Å². The molecule has 0 aliphatic carbocycles. The van der Waals surface area contributed by atoms with Gasteiger partial charge >= 0.3 is 0 Å². The molecule has 0 saturated carbocycles. The Balaban J connectivity index is 2.52. The largest absolute Gasteiger partial charge is 0.486 e. The van der Waals surface area contributed by atoms with Gasteiger partial charge in [-0.25, -0.2) is 0 Å². The van der Waals surface area contributed by atoms with Crippen LogP contribution >= 0.6 is 11.8 Å². The molecule has 0 aromatic heterocycles. The third-order valence-electron chi connectivity index (χ3n) is 2.52. The monoisotopic (exact) mass is 240 g/mol. The summed E-state index contributed by atoms with van der Waals surface area (Å²) in [7, 11) is 0. The molecule has 1 aromatic rings. The van der Waals surface area contributed by atoms with Crippen LogP contribution < -0.4 is 9.47 Å². The van der Waals surface area contributed by atoms with Crippen molar-refractivity contribution in [3.8, 4) is 11.5 Å². The average molecular weight is 240 g/mol. The molecule has 4 heteroatoms. The number of aliphatic hydroxyl groups is 1. The van der Waals surface area contributed by atoms with E-state index in [-0.39, 0.29) is 0 Å². The molecule has 0 unspecified atom stereocenters. The van der Waals surface area contributed by atoms with Crippen LogP contribution in [0, 0.1) is 0 Å². The summed E-state index contributed by atoms with van der Waals surface area (Å²) in [6.07, 6.45) is 1.99. The molecular weight excluding hydrogens is 224 g/mol. The number of ether oxygens (including phenoxy) is 2. The molecule has 0 fully saturated rings. The van der Waals surface area contributed by atoms with E-state index in [1.165, 1.54) is 0 Å². The van der Waals surface area contributed by atoms with Crippen LogP contribution in [0.1, 0.15) is 19.4 Å². The van der Waals surface area contributed by atoms with E-state index in [9.17, 15) is 5.11 Å². The zero-order valence-corrected chi connectivity index (χ0v) is 10.6. The van der Waals surface area contributed by atoms with Crippen LogP contribution in [0.2, 0.25) is 0 Å². The fourth-order valence-corrected chi connectivity index (χ4v) is 2.47. The number of rotatable bonds is 2. The Kier molecular flexibility index (Phi) is 3.04. The van der Waals surface area contributed by atoms with Crippen LogP contribution in [0.4, 0.5) is 0 Å². The number of hydrogen-bond acceptors (Lipinski definition) is 4. The van der Waals surface area contributed by atoms with E-state index < -0.39 is 5.60 Å². The zero-order chi connectivity index (χ0) is 11.8. The summed E-state index contributed by atoms with van der Waals surface area (Å²) in [6.45, 7) is 4.70. The Morgan fingerprint density at radius 2 is 1.75 bits per heavy atom. The zero-order valence-electron chi connectivity index (χ0n) is 9.74. The van der Waals surface area contributed by atoms with Crippen molar-refractivity contribution >= 4 is 11.8 Å². The van der Waals surface area contributed by atoms with Gasteiger partial charge in [0.1, 0.15) is 13.2 Å². The minimum atomic E-state index is -0.867. The number of fused-ring (bicyclic) bond motifs is 1. The van der Waals surface area contributed by atoms with Crippen molar-refractivity contribution in [1.82, 2.24) is 0 Å². The van der Waals surface area contributed by atoms with Gasteiger partial charge in [0.15, 0.2) is 11.5 Å². The topological polar surface area (TPSA) is 38.7 Å². The van der Waals surface area contributed by atoms with Crippen molar-refractivity contribution in [2.24, 2.45) is 0 Å². The number of thioether (sulfide) groups is 1. The molecule has 0 radical (unpaired) electrons. The third-order valence-corrected chi connectivity index (χ3v) is 3.30. The quantitative estimate of drug-likeness (QED) is 0.806. The molecule has 1 aliphatic heterocycles. The predicted molar refractivity (Wildman–Crippen MR) is 64.5 cm³/mol. The highest BCUT2D eigenvalue weighted by molar-refractivity contribution is 7.98. The lowest BCUT2D eigenvalue weighted by Crippen LogP contribution is -2.20. The molecule has 2 rings (SSSR count). The first-order valence-electron chi connectivity index (χ1n) is 5.23. The van der Waals surface area contributed by atoms with Gasteiger partial charge in [-0.15, -0.1) is 11.8 Å². The molecule has 0 amide bonds. The van der Waals surface area contributed by atoms with Gasteiger partial charge in [0.25, 0.3) is 0 Å². The molecule has 0 atom stereocenters. The minimum absolute atomic E-state index is 0.566. The maximum absolute atomic E-state index is 10.1. The highest BCUT2D eigenvalue weighted by Gasteiger charge is 2.24. The summed E-state index contributed by atoms with van der Waals surface area (Å²) in [6, 6.07) is 3.81. The third kappa shape index (κ3) is 2.13. The summed E-state index contributed by atoms with van der Waals surface area (Å²) in [5.41, 5.74) is 0.0121. The Morgan fingerprint density at radius 1 is 1.19 bits per heavy atom. The van der Waals surface area contributed by atoms with Crippen molar-refractivity contribution in [2.45, 2.75) is 24.3 Å². The number of benzene rings is 1. The lowest BCUT2D eigenvalue weighted by atomic mass is 9.98. The van der Waals surface area contributed by atoms with Crippen LogP contribution in [-0.2, 0) is 5.60 Å². The Hall–Kier alpha value is -0.870. The predicted octanol–water partition coefficient (Wildman–Crippen LogP) is 2.41. The van der Waals surface area contributed by atoms with Crippen LogP contribution in [-0.4, -0.2) is 24.6 Å². The molecule has 0 bridgehead atoms. The first-order valence-corrected chi connectivity index (χ1v) is 6.45. The standard InChI is InChI=1S/C12H16O3S/c1-12(2,13)8-6-9-10(7-11(8)16-3)15-5-4-14-9/h6-7,13H,4-5H2,1-3H3. The average Bonchev–Trinajstić information content (AvgIpc) is 2.26. The summed E-state index contributed by atoms with van der Waals surface area (Å²) in [5, 5.41) is 10.1. The first kappa shape index (κ1) is 11.6. The van der Waals surface area contributed by atoms with Crippen LogP contribution in [0.5, 0.6) is 11.5 Å². The van der Waals surface area contributed by atoms with Crippen LogP contribution in [0.15, 0.2) is 17.0 Å². The SMILES string of the molecule is CSc1cc2c(cc1C(C)(C)O)OCCO2. The molecule has 88 valence electrons. The van der Waals surface area contributed by atoms with Crippen LogP contribution in [0.3, 0.4) is 0 Å². The van der Waals surface area contributed by atoms with E-state index in [2.05, 4.69) is 0 Å². The van der Waals surface area contributed by atoms with E-state index in [0.29, 0.717) is 13.2 Å². The maximum Gasteiger partial charge on any atom is 0.162 e. The lowest BCUT2D eigenvalue weighted by Gasteiger charge is -2.25. The van der Waals surface area contributed by atoms with E-state index in [1.54, 1.807) is 25.6 Å². The van der Waals surface area contributed by atoms with Crippen LogP contribution in [0.25, 0.3) is 0 Å². The van der Waals surface area contributed by atoms with E-state index in [0.717, 1.165) is 22.0 Å². The highest BCUT2D eigenvalue weighted by atomic mass is 32.2. The van der Waals surface area contributed by atoms with Gasteiger partial charge < -0.3 is 14.6 Å². The van der Waals surface area contributed by atoms with Crippen molar-refractivity contribution in [1.29, 1.82) is 0 Å². The Morgan fingerprint density at radius 3 is 2.25 bits per heavy atom. The number of hydrogen-bond donors (Lipinski definition) is 1. The Bertz CT molecular complexity index is 396. The van der Waals surface area contributed by atoms with E-state index in [1.807, 2.05) is 18.4 Å². The second-order valence-electron chi connectivity index (χ2n) is 4.26. The first-order chi connectivity index (χ1) is 7.52. The minimum Gasteiger partial charge on any atom is -0.486 e. The summed E-state index contributed by atoms with van der Waals surface area (Å²) < 4.78 is 11.0. The Labute approximate surface area is 99.8 Å². The molecule has 0 spiro atoms. The van der Waals surface area contributed by atoms with Gasteiger partial charge in [0.05, 0.1) is 5.60 Å². The smallest absolute Gasteiger partial charge is 0.162 e. The molecule has 3 nitrogen and oxygen atoms in total. The normalized spacial score (nSPS) is 15.0. The van der Waals surface area contributed by atoms with Crippen molar-refractivity contribution in [3.63, 3.8) is 0 Å². The fraction of sp³-hybridized carbons (Fsp3) is 0.500. The summed E-state index contributed by atoms with van der Waals surface area (Å²) in [4.78, 5) is 1.02. The van der Waals surface area contributed by atoms with Crippen molar-refractivity contribution < 1.29 is 14.6 Å². The van der Waals surface area contributed by atoms with Crippen molar-refractivity contribution in [2.75, 3.05) is 19.5 Å².